The third-order valence-electron chi connectivity index (χ3n) is 2.57. The van der Waals surface area contributed by atoms with E-state index in [0.717, 1.165) is 0 Å². The van der Waals surface area contributed by atoms with Gasteiger partial charge in [0.2, 0.25) is 0 Å². The molecule has 21 heavy (non-hydrogen) atoms. The second-order valence-corrected chi connectivity index (χ2v) is 4.10. The van der Waals surface area contributed by atoms with E-state index in [4.69, 9.17) is 9.47 Å². The monoisotopic (exact) mass is 287 g/mol. The van der Waals surface area contributed by atoms with E-state index in [1.54, 1.807) is 24.4 Å². The quantitative estimate of drug-likeness (QED) is 0.883. The third kappa shape index (κ3) is 4.17. The smallest absolute Gasteiger partial charge is 0.257 e. The van der Waals surface area contributed by atoms with Crippen LogP contribution >= 0.6 is 0 Å². The highest BCUT2D eigenvalue weighted by atomic mass is 16.5. The lowest BCUT2D eigenvalue weighted by atomic mass is 10.2. The second kappa shape index (κ2) is 7.23. The summed E-state index contributed by atoms with van der Waals surface area (Å²) in [5, 5.41) is 2.67. The van der Waals surface area contributed by atoms with Crippen molar-refractivity contribution >= 4 is 11.7 Å². The molecule has 0 bridgehead atoms. The summed E-state index contributed by atoms with van der Waals surface area (Å²) >= 11 is 0. The van der Waals surface area contributed by atoms with Crippen molar-refractivity contribution in [2.45, 2.75) is 13.8 Å². The van der Waals surface area contributed by atoms with Crippen LogP contribution in [0.2, 0.25) is 0 Å². The first kappa shape index (κ1) is 14.8. The standard InChI is InChI=1S/C15H17N3O3/c1-3-20-12-7-11(8-13(9-12)21-4-2)15(19)18-14-10-16-5-6-17-14/h5-10H,3-4H2,1-2H3,(H,17,18,19). The molecule has 0 saturated carbocycles. The molecular weight excluding hydrogens is 270 g/mol. The SMILES string of the molecule is CCOc1cc(OCC)cc(C(=O)Nc2cnccn2)c1. The highest BCUT2D eigenvalue weighted by molar-refractivity contribution is 6.04. The van der Waals surface area contributed by atoms with Gasteiger partial charge in [0.25, 0.3) is 5.91 Å². The highest BCUT2D eigenvalue weighted by Crippen LogP contribution is 2.23. The summed E-state index contributed by atoms with van der Waals surface area (Å²) < 4.78 is 10.9. The molecule has 1 N–H and O–H groups in total. The zero-order valence-corrected chi connectivity index (χ0v) is 12.0. The molecule has 0 unspecified atom stereocenters. The number of aromatic nitrogens is 2. The topological polar surface area (TPSA) is 73.3 Å². The zero-order chi connectivity index (χ0) is 15.1. The molecule has 2 rings (SSSR count). The minimum absolute atomic E-state index is 0.294. The fourth-order valence-corrected chi connectivity index (χ4v) is 1.75. The van der Waals surface area contributed by atoms with Crippen LogP contribution in [0.4, 0.5) is 5.82 Å². The van der Waals surface area contributed by atoms with Crippen LogP contribution in [-0.2, 0) is 0 Å². The molecule has 0 aliphatic heterocycles. The van der Waals surface area contributed by atoms with Crippen LogP contribution in [0.5, 0.6) is 11.5 Å². The summed E-state index contributed by atoms with van der Waals surface area (Å²) in [5.74, 6) is 1.28. The van der Waals surface area contributed by atoms with E-state index in [9.17, 15) is 4.79 Å². The van der Waals surface area contributed by atoms with Crippen molar-refractivity contribution in [1.82, 2.24) is 9.97 Å². The van der Waals surface area contributed by atoms with Gasteiger partial charge in [-0.05, 0) is 26.0 Å². The Labute approximate surface area is 123 Å². The number of anilines is 1. The van der Waals surface area contributed by atoms with Gasteiger partial charge in [-0.2, -0.15) is 0 Å². The lowest BCUT2D eigenvalue weighted by Crippen LogP contribution is -2.13. The molecule has 6 nitrogen and oxygen atoms in total. The molecule has 0 aliphatic rings. The number of nitrogens with one attached hydrogen (secondary N) is 1. The first-order valence-electron chi connectivity index (χ1n) is 6.71. The molecule has 0 spiro atoms. The van der Waals surface area contributed by atoms with Crippen molar-refractivity contribution < 1.29 is 14.3 Å². The van der Waals surface area contributed by atoms with E-state index in [-0.39, 0.29) is 5.91 Å². The maximum atomic E-state index is 12.2. The fraction of sp³-hybridized carbons (Fsp3) is 0.267. The average Bonchev–Trinajstić information content (AvgIpc) is 2.49. The summed E-state index contributed by atoms with van der Waals surface area (Å²) in [5.41, 5.74) is 0.440. The molecule has 0 radical (unpaired) electrons. The van der Waals surface area contributed by atoms with Gasteiger partial charge in [0.1, 0.15) is 11.5 Å². The van der Waals surface area contributed by atoms with E-state index in [1.807, 2.05) is 13.8 Å². The summed E-state index contributed by atoms with van der Waals surface area (Å²) in [6.07, 6.45) is 4.53. The lowest BCUT2D eigenvalue weighted by Gasteiger charge is -2.10. The first-order valence-corrected chi connectivity index (χ1v) is 6.71. The van der Waals surface area contributed by atoms with Crippen molar-refractivity contribution in [1.29, 1.82) is 0 Å². The van der Waals surface area contributed by atoms with Gasteiger partial charge in [-0.3, -0.25) is 9.78 Å². The van der Waals surface area contributed by atoms with Crippen LogP contribution in [0.15, 0.2) is 36.8 Å². The largest absolute Gasteiger partial charge is 0.494 e. The number of benzene rings is 1. The number of hydrogen-bond acceptors (Lipinski definition) is 5. The molecule has 1 aromatic heterocycles. The van der Waals surface area contributed by atoms with Crippen LogP contribution in [0, 0.1) is 0 Å². The van der Waals surface area contributed by atoms with Crippen LogP contribution in [-0.4, -0.2) is 29.1 Å². The van der Waals surface area contributed by atoms with Gasteiger partial charge in [-0.1, -0.05) is 0 Å². The van der Waals surface area contributed by atoms with Gasteiger partial charge in [-0.15, -0.1) is 0 Å². The van der Waals surface area contributed by atoms with E-state index in [0.29, 0.717) is 36.1 Å². The van der Waals surface area contributed by atoms with Crippen LogP contribution in [0.25, 0.3) is 0 Å². The molecule has 6 heteroatoms. The number of rotatable bonds is 6. The van der Waals surface area contributed by atoms with Gasteiger partial charge in [0.15, 0.2) is 5.82 Å². The normalized spacial score (nSPS) is 10.0. The minimum atomic E-state index is -0.294. The Kier molecular flexibility index (Phi) is 5.09. The van der Waals surface area contributed by atoms with Gasteiger partial charge in [-0.25, -0.2) is 4.98 Å². The second-order valence-electron chi connectivity index (χ2n) is 4.10. The molecule has 0 saturated heterocycles. The molecule has 0 atom stereocenters. The Balaban J connectivity index is 2.22. The van der Waals surface area contributed by atoms with Gasteiger partial charge in [0, 0.05) is 24.0 Å². The maximum absolute atomic E-state index is 12.2. The van der Waals surface area contributed by atoms with Crippen molar-refractivity contribution in [3.05, 3.63) is 42.4 Å². The predicted molar refractivity (Wildman–Crippen MR) is 78.8 cm³/mol. The Morgan fingerprint density at radius 2 is 1.76 bits per heavy atom. The van der Waals surface area contributed by atoms with Gasteiger partial charge in [0.05, 0.1) is 19.4 Å². The van der Waals surface area contributed by atoms with Crippen LogP contribution in [0.3, 0.4) is 0 Å². The number of hydrogen-bond donors (Lipinski definition) is 1. The number of nitrogens with zero attached hydrogens (tertiary/aromatic N) is 2. The van der Waals surface area contributed by atoms with E-state index in [2.05, 4.69) is 15.3 Å². The molecule has 110 valence electrons. The Morgan fingerprint density at radius 3 is 2.29 bits per heavy atom. The van der Waals surface area contributed by atoms with Crippen molar-refractivity contribution in [2.24, 2.45) is 0 Å². The van der Waals surface area contributed by atoms with E-state index in [1.165, 1.54) is 12.4 Å². The lowest BCUT2D eigenvalue weighted by molar-refractivity contribution is 0.102. The van der Waals surface area contributed by atoms with Crippen LogP contribution in [0.1, 0.15) is 24.2 Å². The van der Waals surface area contributed by atoms with Gasteiger partial charge < -0.3 is 14.8 Å². The molecule has 1 amide bonds. The van der Waals surface area contributed by atoms with Gasteiger partial charge >= 0.3 is 0 Å². The van der Waals surface area contributed by atoms with Crippen molar-refractivity contribution in [3.8, 4) is 11.5 Å². The highest BCUT2D eigenvalue weighted by Gasteiger charge is 2.11. The average molecular weight is 287 g/mol. The molecule has 2 aromatic rings. The minimum Gasteiger partial charge on any atom is -0.494 e. The summed E-state index contributed by atoms with van der Waals surface area (Å²) in [6, 6.07) is 5.08. The molecule has 0 aliphatic carbocycles. The van der Waals surface area contributed by atoms with Crippen molar-refractivity contribution in [2.75, 3.05) is 18.5 Å². The number of ether oxygens (including phenoxy) is 2. The summed E-state index contributed by atoms with van der Waals surface area (Å²) in [4.78, 5) is 20.1. The third-order valence-corrected chi connectivity index (χ3v) is 2.57. The maximum Gasteiger partial charge on any atom is 0.257 e. The molecular formula is C15H17N3O3. The Morgan fingerprint density at radius 1 is 1.10 bits per heavy atom. The molecule has 1 aromatic carbocycles. The number of carbonyl (C=O) groups excluding carboxylic acids is 1. The first-order chi connectivity index (χ1) is 10.2. The Hall–Kier alpha value is -2.63. The van der Waals surface area contributed by atoms with E-state index >= 15 is 0 Å². The predicted octanol–water partition coefficient (Wildman–Crippen LogP) is 2.53. The Bertz CT molecular complexity index is 578. The molecule has 1 heterocycles. The number of carbonyl (C=O) groups is 1. The molecule has 0 fully saturated rings. The summed E-state index contributed by atoms with van der Waals surface area (Å²) in [6.45, 7) is 4.79. The zero-order valence-electron chi connectivity index (χ0n) is 12.0. The fourth-order valence-electron chi connectivity index (χ4n) is 1.75. The van der Waals surface area contributed by atoms with Crippen LogP contribution < -0.4 is 14.8 Å². The van der Waals surface area contributed by atoms with Crippen molar-refractivity contribution in [3.63, 3.8) is 0 Å². The van der Waals surface area contributed by atoms with E-state index < -0.39 is 0 Å². The summed E-state index contributed by atoms with van der Waals surface area (Å²) in [7, 11) is 0. The number of amides is 1.